The van der Waals surface area contributed by atoms with Crippen molar-refractivity contribution < 1.29 is 9.90 Å². The molecule has 0 aliphatic carbocycles. The molecule has 0 amide bonds. The Morgan fingerprint density at radius 3 is 1.71 bits per heavy atom. The molecule has 4 nitrogen and oxygen atoms in total. The number of rotatable bonds is 3. The smallest absolute Gasteiger partial charge is 0.335 e. The summed E-state index contributed by atoms with van der Waals surface area (Å²) in [6.07, 6.45) is 3.37. The van der Waals surface area contributed by atoms with Gasteiger partial charge in [-0.1, -0.05) is 12.1 Å². The molecule has 0 fully saturated rings. The van der Waals surface area contributed by atoms with E-state index in [9.17, 15) is 9.90 Å². The van der Waals surface area contributed by atoms with Gasteiger partial charge in [0.25, 0.3) is 0 Å². The number of hydrogen-bond donors (Lipinski definition) is 1. The molecule has 3 aromatic rings. The molecule has 3 rings (SSSR count). The molecule has 2 heterocycles. The average Bonchev–Trinajstić information content (AvgIpc) is 2.56. The van der Waals surface area contributed by atoms with Crippen LogP contribution in [0, 0.1) is 0 Å². The Kier molecular flexibility index (Phi) is 3.43. The third kappa shape index (κ3) is 2.79. The number of aromatic nitrogens is 2. The molecule has 0 aliphatic rings. The van der Waals surface area contributed by atoms with Crippen molar-refractivity contribution in [2.45, 2.75) is 0 Å². The molecule has 0 bridgehead atoms. The van der Waals surface area contributed by atoms with E-state index < -0.39 is 5.97 Å². The number of carbonyl (C=O) groups is 1. The van der Waals surface area contributed by atoms with Gasteiger partial charge in [-0.2, -0.15) is 0 Å². The molecule has 0 atom stereocenters. The van der Waals surface area contributed by atoms with Crippen molar-refractivity contribution in [3.05, 3.63) is 72.6 Å². The predicted molar refractivity (Wildman–Crippen MR) is 79.9 cm³/mol. The minimum atomic E-state index is -0.968. The van der Waals surface area contributed by atoms with Crippen LogP contribution in [0.3, 0.4) is 0 Å². The normalized spacial score (nSPS) is 10.3. The van der Waals surface area contributed by atoms with Gasteiger partial charge < -0.3 is 5.11 Å². The van der Waals surface area contributed by atoms with Crippen molar-refractivity contribution in [3.8, 4) is 22.5 Å². The summed E-state index contributed by atoms with van der Waals surface area (Å²) in [7, 11) is 0. The molecule has 0 radical (unpaired) electrons. The van der Waals surface area contributed by atoms with E-state index in [0.29, 0.717) is 0 Å². The Labute approximate surface area is 121 Å². The summed E-state index contributed by atoms with van der Waals surface area (Å²) in [5.41, 5.74) is 3.21. The standard InChI is InChI=1S/C17H12N2O2/c20-17(21)14-10-12(15-5-1-3-7-18-15)9-13(11-14)16-6-2-4-8-19-16/h1-11H,(H,20,21). The minimum absolute atomic E-state index is 0.221. The highest BCUT2D eigenvalue weighted by Crippen LogP contribution is 2.26. The number of carboxylic acids is 1. The number of hydrogen-bond acceptors (Lipinski definition) is 3. The van der Waals surface area contributed by atoms with Crippen LogP contribution < -0.4 is 0 Å². The lowest BCUT2D eigenvalue weighted by Crippen LogP contribution is -1.98. The number of pyridine rings is 2. The molecule has 0 saturated carbocycles. The van der Waals surface area contributed by atoms with Gasteiger partial charge in [-0.15, -0.1) is 0 Å². The molecule has 21 heavy (non-hydrogen) atoms. The van der Waals surface area contributed by atoms with Gasteiger partial charge >= 0.3 is 5.97 Å². The maximum absolute atomic E-state index is 11.3. The van der Waals surface area contributed by atoms with Crippen molar-refractivity contribution in [2.75, 3.05) is 0 Å². The Balaban J connectivity index is 2.18. The van der Waals surface area contributed by atoms with Crippen molar-refractivity contribution in [2.24, 2.45) is 0 Å². The molecular weight excluding hydrogens is 264 g/mol. The van der Waals surface area contributed by atoms with Gasteiger partial charge in [0, 0.05) is 23.5 Å². The first kappa shape index (κ1) is 13.0. The highest BCUT2D eigenvalue weighted by atomic mass is 16.4. The summed E-state index contributed by atoms with van der Waals surface area (Å²) in [5, 5.41) is 9.29. The topological polar surface area (TPSA) is 63.1 Å². The van der Waals surface area contributed by atoms with Crippen LogP contribution in [0.15, 0.2) is 67.0 Å². The summed E-state index contributed by atoms with van der Waals surface area (Å²) in [4.78, 5) is 19.9. The van der Waals surface area contributed by atoms with Crippen LogP contribution in [0.4, 0.5) is 0 Å². The van der Waals surface area contributed by atoms with Gasteiger partial charge in [-0.3, -0.25) is 9.97 Å². The number of carboxylic acid groups (broad SMARTS) is 1. The van der Waals surface area contributed by atoms with Crippen LogP contribution >= 0.6 is 0 Å². The third-order valence-electron chi connectivity index (χ3n) is 3.10. The van der Waals surface area contributed by atoms with Gasteiger partial charge in [0.1, 0.15) is 0 Å². The van der Waals surface area contributed by atoms with Crippen molar-refractivity contribution in [3.63, 3.8) is 0 Å². The Morgan fingerprint density at radius 1 is 0.810 bits per heavy atom. The highest BCUT2D eigenvalue weighted by molar-refractivity contribution is 5.91. The molecule has 1 aromatic carbocycles. The Morgan fingerprint density at radius 2 is 1.33 bits per heavy atom. The summed E-state index contributed by atoms with van der Waals surface area (Å²) in [6, 6.07) is 16.2. The Bertz CT molecular complexity index is 714. The van der Waals surface area contributed by atoms with Crippen LogP contribution in [0.5, 0.6) is 0 Å². The van der Waals surface area contributed by atoms with Crippen LogP contribution in [0.2, 0.25) is 0 Å². The first-order chi connectivity index (χ1) is 10.2. The molecule has 0 saturated heterocycles. The lowest BCUT2D eigenvalue weighted by molar-refractivity contribution is 0.0697. The second kappa shape index (κ2) is 5.54. The summed E-state index contributed by atoms with van der Waals surface area (Å²) in [5.74, 6) is -0.968. The molecule has 0 unspecified atom stereocenters. The minimum Gasteiger partial charge on any atom is -0.478 e. The third-order valence-corrected chi connectivity index (χ3v) is 3.10. The fraction of sp³-hybridized carbons (Fsp3) is 0. The predicted octanol–water partition coefficient (Wildman–Crippen LogP) is 3.51. The molecule has 0 aliphatic heterocycles. The van der Waals surface area contributed by atoms with Crippen molar-refractivity contribution in [1.29, 1.82) is 0 Å². The van der Waals surface area contributed by atoms with E-state index >= 15 is 0 Å². The molecule has 2 aromatic heterocycles. The van der Waals surface area contributed by atoms with E-state index in [2.05, 4.69) is 9.97 Å². The van der Waals surface area contributed by atoms with Gasteiger partial charge in [0.15, 0.2) is 0 Å². The average molecular weight is 276 g/mol. The van der Waals surface area contributed by atoms with Gasteiger partial charge in [0.05, 0.1) is 17.0 Å². The van der Waals surface area contributed by atoms with E-state index in [1.54, 1.807) is 24.5 Å². The summed E-state index contributed by atoms with van der Waals surface area (Å²) in [6.45, 7) is 0. The van der Waals surface area contributed by atoms with E-state index in [1.165, 1.54) is 0 Å². The maximum Gasteiger partial charge on any atom is 0.335 e. The molecule has 102 valence electrons. The summed E-state index contributed by atoms with van der Waals surface area (Å²) >= 11 is 0. The second-order valence-electron chi connectivity index (χ2n) is 4.53. The summed E-state index contributed by atoms with van der Waals surface area (Å²) < 4.78 is 0. The fourth-order valence-corrected chi connectivity index (χ4v) is 2.11. The van der Waals surface area contributed by atoms with Crippen LogP contribution in [0.1, 0.15) is 10.4 Å². The Hall–Kier alpha value is -3.01. The van der Waals surface area contributed by atoms with Crippen LogP contribution in [0.25, 0.3) is 22.5 Å². The first-order valence-corrected chi connectivity index (χ1v) is 6.45. The highest BCUT2D eigenvalue weighted by Gasteiger charge is 2.10. The largest absolute Gasteiger partial charge is 0.478 e. The maximum atomic E-state index is 11.3. The SMILES string of the molecule is O=C(O)c1cc(-c2ccccn2)cc(-c2ccccn2)c1. The van der Waals surface area contributed by atoms with E-state index in [4.69, 9.17) is 0 Å². The van der Waals surface area contributed by atoms with Crippen molar-refractivity contribution in [1.82, 2.24) is 9.97 Å². The molecule has 0 spiro atoms. The fourth-order valence-electron chi connectivity index (χ4n) is 2.11. The quantitative estimate of drug-likeness (QED) is 0.795. The van der Waals surface area contributed by atoms with Gasteiger partial charge in [0.2, 0.25) is 0 Å². The monoisotopic (exact) mass is 276 g/mol. The molecule has 1 N–H and O–H groups in total. The molecule has 4 heteroatoms. The van der Waals surface area contributed by atoms with Crippen LogP contribution in [-0.2, 0) is 0 Å². The second-order valence-corrected chi connectivity index (χ2v) is 4.53. The van der Waals surface area contributed by atoms with Crippen LogP contribution in [-0.4, -0.2) is 21.0 Å². The lowest BCUT2D eigenvalue weighted by Gasteiger charge is -2.07. The van der Waals surface area contributed by atoms with Crippen molar-refractivity contribution >= 4 is 5.97 Å². The van der Waals surface area contributed by atoms with E-state index in [0.717, 1.165) is 22.5 Å². The van der Waals surface area contributed by atoms with Gasteiger partial charge in [-0.25, -0.2) is 4.79 Å². The molecular formula is C17H12N2O2. The van der Waals surface area contributed by atoms with E-state index in [-0.39, 0.29) is 5.56 Å². The number of nitrogens with zero attached hydrogens (tertiary/aromatic N) is 2. The zero-order valence-electron chi connectivity index (χ0n) is 11.1. The number of benzene rings is 1. The van der Waals surface area contributed by atoms with E-state index in [1.807, 2.05) is 42.5 Å². The lowest BCUT2D eigenvalue weighted by atomic mass is 10.0. The zero-order chi connectivity index (χ0) is 14.7. The van der Waals surface area contributed by atoms with Gasteiger partial charge in [-0.05, 0) is 42.5 Å². The zero-order valence-corrected chi connectivity index (χ0v) is 11.1. The number of aromatic carboxylic acids is 1. The first-order valence-electron chi connectivity index (χ1n) is 6.45.